The molecule has 2 fully saturated rings. The average molecular weight is 225 g/mol. The summed E-state index contributed by atoms with van der Waals surface area (Å²) < 4.78 is 5.48. The first-order valence-corrected chi connectivity index (χ1v) is 7.02. The third-order valence-corrected chi connectivity index (χ3v) is 4.67. The van der Waals surface area contributed by atoms with E-state index >= 15 is 0 Å². The Balaban J connectivity index is 1.86. The van der Waals surface area contributed by atoms with Crippen LogP contribution in [0.5, 0.6) is 0 Å². The van der Waals surface area contributed by atoms with Crippen molar-refractivity contribution in [3.8, 4) is 0 Å². The van der Waals surface area contributed by atoms with Gasteiger partial charge in [-0.25, -0.2) is 0 Å². The van der Waals surface area contributed by atoms with Crippen LogP contribution < -0.4 is 5.32 Å². The van der Waals surface area contributed by atoms with E-state index < -0.39 is 0 Å². The van der Waals surface area contributed by atoms with Crippen molar-refractivity contribution in [2.45, 2.75) is 58.5 Å². The van der Waals surface area contributed by atoms with Gasteiger partial charge in [0.1, 0.15) is 0 Å². The summed E-state index contributed by atoms with van der Waals surface area (Å²) in [5, 5.41) is 3.88. The van der Waals surface area contributed by atoms with E-state index in [1.807, 2.05) is 0 Å². The van der Waals surface area contributed by atoms with E-state index in [-0.39, 0.29) is 0 Å². The summed E-state index contributed by atoms with van der Waals surface area (Å²) in [6.45, 7) is 9.08. The number of hydrogen-bond acceptors (Lipinski definition) is 2. The van der Waals surface area contributed by atoms with Crippen LogP contribution in [0.1, 0.15) is 46.5 Å². The molecule has 0 radical (unpaired) electrons. The maximum atomic E-state index is 5.48. The fraction of sp³-hybridized carbons (Fsp3) is 1.00. The van der Waals surface area contributed by atoms with Crippen LogP contribution in [0.2, 0.25) is 0 Å². The maximum Gasteiger partial charge on any atom is 0.0509 e. The van der Waals surface area contributed by atoms with Gasteiger partial charge in [0.2, 0.25) is 0 Å². The largest absolute Gasteiger partial charge is 0.381 e. The normalized spacial score (nSPS) is 42.2. The zero-order chi connectivity index (χ0) is 11.5. The molecule has 0 aromatic heterocycles. The molecular weight excluding hydrogens is 198 g/mol. The van der Waals surface area contributed by atoms with E-state index in [1.165, 1.54) is 25.7 Å². The van der Waals surface area contributed by atoms with Gasteiger partial charge in [0, 0.05) is 18.7 Å². The van der Waals surface area contributed by atoms with Crippen molar-refractivity contribution in [3.63, 3.8) is 0 Å². The second-order valence-electron chi connectivity index (χ2n) is 5.99. The Morgan fingerprint density at radius 1 is 1.12 bits per heavy atom. The van der Waals surface area contributed by atoms with Crippen molar-refractivity contribution in [3.05, 3.63) is 0 Å². The van der Waals surface area contributed by atoms with E-state index in [1.54, 1.807) is 0 Å². The monoisotopic (exact) mass is 225 g/mol. The molecule has 4 unspecified atom stereocenters. The fourth-order valence-corrected chi connectivity index (χ4v) is 3.40. The minimum Gasteiger partial charge on any atom is -0.381 e. The van der Waals surface area contributed by atoms with Crippen LogP contribution in [0.25, 0.3) is 0 Å². The van der Waals surface area contributed by atoms with Crippen LogP contribution in [-0.4, -0.2) is 25.3 Å². The van der Waals surface area contributed by atoms with Crippen molar-refractivity contribution in [1.82, 2.24) is 5.32 Å². The summed E-state index contributed by atoms with van der Waals surface area (Å²) in [6.07, 6.45) is 5.46. The standard InChI is InChI=1S/C14H27NO/c1-10-5-4-6-11(2)14(10)15-12(3)13-7-8-16-9-13/h10-15H,4-9H2,1-3H3. The Morgan fingerprint density at radius 3 is 2.38 bits per heavy atom. The van der Waals surface area contributed by atoms with Crippen LogP contribution in [-0.2, 0) is 4.74 Å². The van der Waals surface area contributed by atoms with Crippen molar-refractivity contribution in [2.24, 2.45) is 17.8 Å². The Bertz CT molecular complexity index is 203. The second kappa shape index (κ2) is 5.50. The van der Waals surface area contributed by atoms with Gasteiger partial charge in [-0.05, 0) is 43.9 Å². The molecule has 2 heteroatoms. The third-order valence-electron chi connectivity index (χ3n) is 4.67. The number of rotatable bonds is 3. The molecule has 0 spiro atoms. The zero-order valence-corrected chi connectivity index (χ0v) is 11.0. The lowest BCUT2D eigenvalue weighted by Gasteiger charge is -2.38. The van der Waals surface area contributed by atoms with Gasteiger partial charge in [0.05, 0.1) is 6.61 Å². The van der Waals surface area contributed by atoms with E-state index in [0.29, 0.717) is 6.04 Å². The van der Waals surface area contributed by atoms with Crippen molar-refractivity contribution in [1.29, 1.82) is 0 Å². The molecule has 1 aliphatic carbocycles. The lowest BCUT2D eigenvalue weighted by molar-refractivity contribution is 0.155. The summed E-state index contributed by atoms with van der Waals surface area (Å²) >= 11 is 0. The van der Waals surface area contributed by atoms with Gasteiger partial charge in [-0.1, -0.05) is 20.3 Å². The Hall–Kier alpha value is -0.0800. The van der Waals surface area contributed by atoms with Crippen molar-refractivity contribution in [2.75, 3.05) is 13.2 Å². The first-order valence-electron chi connectivity index (χ1n) is 7.02. The average Bonchev–Trinajstić information content (AvgIpc) is 2.76. The molecule has 16 heavy (non-hydrogen) atoms. The first-order chi connectivity index (χ1) is 7.68. The number of ether oxygens (including phenoxy) is 1. The molecule has 4 atom stereocenters. The van der Waals surface area contributed by atoms with Crippen molar-refractivity contribution >= 4 is 0 Å². The van der Waals surface area contributed by atoms with E-state index in [0.717, 1.165) is 37.0 Å². The molecule has 0 aromatic carbocycles. The topological polar surface area (TPSA) is 21.3 Å². The van der Waals surface area contributed by atoms with Crippen molar-refractivity contribution < 1.29 is 4.74 Å². The smallest absolute Gasteiger partial charge is 0.0509 e. The molecule has 2 aliphatic rings. The molecule has 1 heterocycles. The molecule has 2 nitrogen and oxygen atoms in total. The summed E-state index contributed by atoms with van der Waals surface area (Å²) in [5.41, 5.74) is 0. The van der Waals surface area contributed by atoms with Crippen LogP contribution >= 0.6 is 0 Å². The number of hydrogen-bond donors (Lipinski definition) is 1. The molecule has 1 saturated carbocycles. The zero-order valence-electron chi connectivity index (χ0n) is 11.0. The highest BCUT2D eigenvalue weighted by Crippen LogP contribution is 2.30. The third kappa shape index (κ3) is 2.78. The van der Waals surface area contributed by atoms with Crippen LogP contribution in [0.4, 0.5) is 0 Å². The minimum atomic E-state index is 0.621. The van der Waals surface area contributed by atoms with Gasteiger partial charge in [-0.2, -0.15) is 0 Å². The molecule has 0 bridgehead atoms. The SMILES string of the molecule is CC1CCCC(C)C1NC(C)C1CCOC1. The highest BCUT2D eigenvalue weighted by Gasteiger charge is 2.31. The minimum absolute atomic E-state index is 0.621. The lowest BCUT2D eigenvalue weighted by atomic mass is 9.78. The Kier molecular flexibility index (Phi) is 4.26. The second-order valence-corrected chi connectivity index (χ2v) is 5.99. The van der Waals surface area contributed by atoms with Gasteiger partial charge in [0.25, 0.3) is 0 Å². The van der Waals surface area contributed by atoms with E-state index in [9.17, 15) is 0 Å². The van der Waals surface area contributed by atoms with Crippen LogP contribution in [0, 0.1) is 17.8 Å². The lowest BCUT2D eigenvalue weighted by Crippen LogP contribution is -2.49. The quantitative estimate of drug-likeness (QED) is 0.797. The summed E-state index contributed by atoms with van der Waals surface area (Å²) in [7, 11) is 0. The van der Waals surface area contributed by atoms with E-state index in [2.05, 4.69) is 26.1 Å². The summed E-state index contributed by atoms with van der Waals surface area (Å²) in [6, 6.07) is 1.35. The molecule has 1 aliphatic heterocycles. The predicted molar refractivity (Wildman–Crippen MR) is 67.5 cm³/mol. The highest BCUT2D eigenvalue weighted by molar-refractivity contribution is 4.87. The van der Waals surface area contributed by atoms with Gasteiger partial charge in [-0.3, -0.25) is 0 Å². The van der Waals surface area contributed by atoms with Gasteiger partial charge in [-0.15, -0.1) is 0 Å². The summed E-state index contributed by atoms with van der Waals surface area (Å²) in [4.78, 5) is 0. The maximum absolute atomic E-state index is 5.48. The Morgan fingerprint density at radius 2 is 1.81 bits per heavy atom. The molecule has 2 rings (SSSR count). The predicted octanol–water partition coefficient (Wildman–Crippen LogP) is 2.83. The van der Waals surface area contributed by atoms with E-state index in [4.69, 9.17) is 4.74 Å². The molecule has 0 aromatic rings. The highest BCUT2D eigenvalue weighted by atomic mass is 16.5. The van der Waals surface area contributed by atoms with Crippen LogP contribution in [0.3, 0.4) is 0 Å². The fourth-order valence-electron chi connectivity index (χ4n) is 3.40. The molecule has 0 amide bonds. The van der Waals surface area contributed by atoms with Crippen LogP contribution in [0.15, 0.2) is 0 Å². The number of nitrogens with one attached hydrogen (secondary N) is 1. The molecule has 1 N–H and O–H groups in total. The van der Waals surface area contributed by atoms with Gasteiger partial charge < -0.3 is 10.1 Å². The molecular formula is C14H27NO. The van der Waals surface area contributed by atoms with Gasteiger partial charge in [0.15, 0.2) is 0 Å². The Labute approximate surface area is 100 Å². The van der Waals surface area contributed by atoms with Gasteiger partial charge >= 0.3 is 0 Å². The summed E-state index contributed by atoms with van der Waals surface area (Å²) in [5.74, 6) is 2.42. The molecule has 1 saturated heterocycles. The first kappa shape index (κ1) is 12.4. The molecule has 94 valence electrons.